The van der Waals surface area contributed by atoms with Crippen molar-refractivity contribution in [3.63, 3.8) is 0 Å². The lowest BCUT2D eigenvalue weighted by molar-refractivity contribution is 0.424. The van der Waals surface area contributed by atoms with E-state index < -0.39 is 0 Å². The molecule has 0 aliphatic carbocycles. The number of rotatable bonds is 1. The van der Waals surface area contributed by atoms with Crippen molar-refractivity contribution in [2.45, 2.75) is 27.7 Å². The van der Waals surface area contributed by atoms with Gasteiger partial charge in [0.1, 0.15) is 0 Å². The minimum atomic E-state index is 0.238. The van der Waals surface area contributed by atoms with Gasteiger partial charge >= 0.3 is 0 Å². The molecule has 0 aromatic heterocycles. The second kappa shape index (κ2) is 3.97. The Kier molecular flexibility index (Phi) is 3.60. The summed E-state index contributed by atoms with van der Waals surface area (Å²) in [4.78, 5) is 0. The maximum Gasteiger partial charge on any atom is 0.161 e. The summed E-state index contributed by atoms with van der Waals surface area (Å²) in [6, 6.07) is 0. The summed E-state index contributed by atoms with van der Waals surface area (Å²) in [5.41, 5.74) is 4.66. The molecule has 1 N–H and O–H groups in total. The third kappa shape index (κ3) is 3.16. The van der Waals surface area contributed by atoms with Crippen LogP contribution in [0, 0.1) is 0 Å². The number of allylic oxidation sites excluding steroid dienone is 2. The number of hydrogen-bond acceptors (Lipinski definition) is 1. The molecule has 0 heterocycles. The molecule has 10 heavy (non-hydrogen) atoms. The maximum absolute atomic E-state index is 9.20. The number of hydrogen-bond donors (Lipinski definition) is 1. The first kappa shape index (κ1) is 9.06. The molecule has 56 valence electrons. The van der Waals surface area contributed by atoms with Gasteiger partial charge in [-0.25, -0.2) is 0 Å². The van der Waals surface area contributed by atoms with Gasteiger partial charge in [0.25, 0.3) is 0 Å². The van der Waals surface area contributed by atoms with Crippen LogP contribution in [0.5, 0.6) is 0 Å². The smallest absolute Gasteiger partial charge is 0.161 e. The van der Waals surface area contributed by atoms with Crippen LogP contribution >= 0.6 is 0 Å². The van der Waals surface area contributed by atoms with E-state index in [0.717, 1.165) is 11.1 Å². The van der Waals surface area contributed by atoms with Gasteiger partial charge in [-0.05, 0) is 38.8 Å². The summed E-state index contributed by atoms with van der Waals surface area (Å²) in [6.45, 7) is 7.54. The first-order valence-electron chi connectivity index (χ1n) is 3.34. The molecule has 0 aliphatic heterocycles. The van der Waals surface area contributed by atoms with Crippen molar-refractivity contribution in [3.05, 3.63) is 28.7 Å². The van der Waals surface area contributed by atoms with Crippen LogP contribution in [0.3, 0.4) is 0 Å². The molecule has 1 nitrogen and oxygen atoms in total. The molecule has 0 aromatic rings. The highest BCUT2D eigenvalue weighted by molar-refractivity contribution is 5.22. The summed E-state index contributed by atoms with van der Waals surface area (Å²) in [6.07, 6.45) is 1.85. The van der Waals surface area contributed by atoms with Crippen molar-refractivity contribution in [1.29, 1.82) is 0 Å². The lowest BCUT2D eigenvalue weighted by atomic mass is 10.2. The molecular weight excluding hydrogens is 124 g/mol. The minimum absolute atomic E-state index is 0.238. The van der Waals surface area contributed by atoms with Gasteiger partial charge in [0.15, 0.2) is 5.76 Å². The van der Waals surface area contributed by atoms with E-state index in [-0.39, 0.29) is 5.76 Å². The van der Waals surface area contributed by atoms with Gasteiger partial charge in [0.2, 0.25) is 0 Å². The molecule has 0 unspecified atom stereocenters. The Morgan fingerprint density at radius 1 is 1.30 bits per heavy atom. The summed E-state index contributed by atoms with van der Waals surface area (Å²) < 4.78 is 0. The lowest BCUT2D eigenvalue weighted by Gasteiger charge is -1.93. The molecule has 1 heteroatoms. The first-order chi connectivity index (χ1) is 4.57. The van der Waals surface area contributed by atoms with Crippen molar-refractivity contribution in [3.8, 4) is 0 Å². The minimum Gasteiger partial charge on any atom is -0.501 e. The van der Waals surface area contributed by atoms with E-state index >= 15 is 0 Å². The van der Waals surface area contributed by atoms with Gasteiger partial charge in [-0.15, -0.1) is 0 Å². The molecule has 0 radical (unpaired) electrons. The van der Waals surface area contributed by atoms with Gasteiger partial charge < -0.3 is 5.11 Å². The molecule has 0 bridgehead atoms. The van der Waals surface area contributed by atoms with E-state index in [9.17, 15) is 5.11 Å². The first-order valence-corrected chi connectivity index (χ1v) is 3.34. The monoisotopic (exact) mass is 138 g/mol. The quantitative estimate of drug-likeness (QED) is 0.335. The molecule has 0 rings (SSSR count). The second-order valence-electron chi connectivity index (χ2n) is 2.45. The van der Waals surface area contributed by atoms with Crippen LogP contribution in [-0.2, 0) is 0 Å². The zero-order valence-corrected chi connectivity index (χ0v) is 7.02. The van der Waals surface area contributed by atoms with Crippen molar-refractivity contribution >= 4 is 0 Å². The topological polar surface area (TPSA) is 20.2 Å². The fourth-order valence-electron chi connectivity index (χ4n) is 0.472. The van der Waals surface area contributed by atoms with Crippen LogP contribution in [0.25, 0.3) is 0 Å². The summed E-state index contributed by atoms with van der Waals surface area (Å²) in [7, 11) is 0. The van der Waals surface area contributed by atoms with Crippen molar-refractivity contribution < 1.29 is 5.11 Å². The van der Waals surface area contributed by atoms with Crippen molar-refractivity contribution in [1.82, 2.24) is 0 Å². The van der Waals surface area contributed by atoms with Gasteiger partial charge in [-0.3, -0.25) is 0 Å². The normalized spacial score (nSPS) is 10.6. The highest BCUT2D eigenvalue weighted by Gasteiger charge is 1.90. The van der Waals surface area contributed by atoms with Crippen molar-refractivity contribution in [2.24, 2.45) is 0 Å². The second-order valence-corrected chi connectivity index (χ2v) is 2.45. The van der Waals surface area contributed by atoms with Gasteiger partial charge in [0, 0.05) is 0 Å². The zero-order valence-electron chi connectivity index (χ0n) is 7.02. The summed E-state index contributed by atoms with van der Waals surface area (Å²) in [5, 5.41) is 9.20. The van der Waals surface area contributed by atoms with E-state index in [4.69, 9.17) is 0 Å². The Bertz CT molecular complexity index is 199. The average Bonchev–Trinajstić information content (AvgIpc) is 1.85. The van der Waals surface area contributed by atoms with Crippen molar-refractivity contribution in [2.75, 3.05) is 0 Å². The van der Waals surface area contributed by atoms with E-state index in [1.54, 1.807) is 0 Å². The Morgan fingerprint density at radius 3 is 2.10 bits per heavy atom. The third-order valence-electron chi connectivity index (χ3n) is 1.17. The molecule has 0 aliphatic rings. The van der Waals surface area contributed by atoms with Crippen LogP contribution in [0.2, 0.25) is 0 Å². The standard InChI is InChI=1S/C9H14O/c1-5-8(4)9(10)6-7(2)3/h5,10H,1-4H3/b8-5-. The SMILES string of the molecule is C/C=C(/C)C(O)=C=C(C)C. The van der Waals surface area contributed by atoms with Gasteiger partial charge in [0.05, 0.1) is 0 Å². The van der Waals surface area contributed by atoms with Gasteiger partial charge in [-0.1, -0.05) is 11.8 Å². The van der Waals surface area contributed by atoms with Crippen LogP contribution in [0.15, 0.2) is 28.7 Å². The average molecular weight is 138 g/mol. The number of aliphatic hydroxyl groups is 1. The lowest BCUT2D eigenvalue weighted by Crippen LogP contribution is -1.79. The highest BCUT2D eigenvalue weighted by atomic mass is 16.3. The largest absolute Gasteiger partial charge is 0.501 e. The highest BCUT2D eigenvalue weighted by Crippen LogP contribution is 2.03. The van der Waals surface area contributed by atoms with Crippen LogP contribution in [0.1, 0.15) is 27.7 Å². The number of aliphatic hydroxyl groups excluding tert-OH is 1. The van der Waals surface area contributed by atoms with Gasteiger partial charge in [-0.2, -0.15) is 0 Å². The maximum atomic E-state index is 9.20. The molecule has 0 atom stereocenters. The molecule has 0 fully saturated rings. The summed E-state index contributed by atoms with van der Waals surface area (Å²) in [5.74, 6) is 0.238. The Balaban J connectivity index is 4.68. The van der Waals surface area contributed by atoms with E-state index in [0.29, 0.717) is 0 Å². The molecule has 0 aromatic carbocycles. The summed E-state index contributed by atoms with van der Waals surface area (Å²) >= 11 is 0. The van der Waals surface area contributed by atoms with Crippen LogP contribution < -0.4 is 0 Å². The van der Waals surface area contributed by atoms with Crippen LogP contribution in [-0.4, -0.2) is 5.11 Å². The zero-order chi connectivity index (χ0) is 8.15. The molecule has 0 spiro atoms. The molecule has 0 amide bonds. The fourth-order valence-corrected chi connectivity index (χ4v) is 0.472. The van der Waals surface area contributed by atoms with E-state index in [2.05, 4.69) is 5.73 Å². The van der Waals surface area contributed by atoms with E-state index in [1.807, 2.05) is 33.8 Å². The van der Waals surface area contributed by atoms with E-state index in [1.165, 1.54) is 0 Å². The Labute approximate surface area is 62.4 Å². The van der Waals surface area contributed by atoms with Crippen LogP contribution in [0.4, 0.5) is 0 Å². The molecular formula is C9H14O. The third-order valence-corrected chi connectivity index (χ3v) is 1.17. The Morgan fingerprint density at radius 2 is 1.80 bits per heavy atom. The predicted octanol–water partition coefficient (Wildman–Crippen LogP) is 2.96. The predicted molar refractivity (Wildman–Crippen MR) is 43.9 cm³/mol. The fraction of sp³-hybridized carbons (Fsp3) is 0.444. The Hall–Kier alpha value is -0.940. The molecule has 0 saturated carbocycles. The molecule has 0 saturated heterocycles.